The second-order valence-electron chi connectivity index (χ2n) is 8.27. The molecule has 0 bridgehead atoms. The number of halogens is 1. The molecule has 4 rings (SSSR count). The molecule has 1 N–H and O–H groups in total. The van der Waals surface area contributed by atoms with Crippen LogP contribution >= 0.6 is 11.6 Å². The van der Waals surface area contributed by atoms with Crippen LogP contribution in [-0.2, 0) is 16.9 Å². The molecule has 0 saturated carbocycles. The summed E-state index contributed by atoms with van der Waals surface area (Å²) in [4.78, 5) is 28.3. The monoisotopic (exact) mass is 433 g/mol. The Balaban J connectivity index is 1.70. The van der Waals surface area contributed by atoms with Gasteiger partial charge in [-0.2, -0.15) is 0 Å². The van der Waals surface area contributed by atoms with Crippen LogP contribution in [-0.4, -0.2) is 16.8 Å². The van der Waals surface area contributed by atoms with E-state index < -0.39 is 11.5 Å². The summed E-state index contributed by atoms with van der Waals surface area (Å²) in [6.07, 6.45) is -0.301. The number of carbonyl (C=O) groups is 2. The number of ketones is 1. The summed E-state index contributed by atoms with van der Waals surface area (Å²) in [6.45, 7) is 6.03. The van der Waals surface area contributed by atoms with E-state index in [4.69, 9.17) is 11.6 Å². The van der Waals surface area contributed by atoms with Gasteiger partial charge in [0.15, 0.2) is 11.4 Å². The van der Waals surface area contributed by atoms with Crippen LogP contribution in [0.2, 0.25) is 5.02 Å². The molecule has 1 aliphatic rings. The number of fused-ring (bicyclic) bond motifs is 1. The Morgan fingerprint density at radius 3 is 2.26 bits per heavy atom. The Hall–Kier alpha value is -2.95. The third-order valence-corrected chi connectivity index (χ3v) is 6.12. The number of aliphatic hydroxyl groups is 1. The van der Waals surface area contributed by atoms with Gasteiger partial charge in [0.1, 0.15) is 0 Å². The van der Waals surface area contributed by atoms with Gasteiger partial charge in [0.05, 0.1) is 18.7 Å². The van der Waals surface area contributed by atoms with Gasteiger partial charge >= 0.3 is 0 Å². The highest BCUT2D eigenvalue weighted by molar-refractivity contribution is 6.30. The highest BCUT2D eigenvalue weighted by Crippen LogP contribution is 2.43. The summed E-state index contributed by atoms with van der Waals surface area (Å²) in [6, 6.07) is 18.2. The summed E-state index contributed by atoms with van der Waals surface area (Å²) in [5.41, 5.74) is 3.41. The van der Waals surface area contributed by atoms with Crippen molar-refractivity contribution in [2.24, 2.45) is 0 Å². The molecule has 0 saturated heterocycles. The summed E-state index contributed by atoms with van der Waals surface area (Å²) in [5, 5.41) is 12.2. The molecular weight excluding hydrogens is 410 g/mol. The van der Waals surface area contributed by atoms with Crippen LogP contribution in [0, 0.1) is 20.8 Å². The van der Waals surface area contributed by atoms with Crippen molar-refractivity contribution < 1.29 is 14.7 Å². The van der Waals surface area contributed by atoms with Crippen LogP contribution < -0.4 is 4.90 Å². The maximum absolute atomic E-state index is 13.4. The molecule has 0 fully saturated rings. The SMILES string of the molecule is Cc1cc(C)c(C(=O)C[C@@]2(O)C(=O)N(Cc3ccc(Cl)cc3)c3ccccc32)c(C)c1. The molecule has 3 aromatic carbocycles. The Labute approximate surface area is 187 Å². The molecule has 3 aromatic rings. The van der Waals surface area contributed by atoms with Crippen molar-refractivity contribution >= 4 is 29.0 Å². The topological polar surface area (TPSA) is 57.6 Å². The molecule has 4 nitrogen and oxygen atoms in total. The molecule has 1 atom stereocenters. The van der Waals surface area contributed by atoms with Crippen LogP contribution in [0.5, 0.6) is 0 Å². The summed E-state index contributed by atoms with van der Waals surface area (Å²) < 4.78 is 0. The number of Topliss-reactive ketones (excluding diaryl/α,β-unsaturated/α-hetero) is 1. The minimum Gasteiger partial charge on any atom is -0.375 e. The first-order valence-corrected chi connectivity index (χ1v) is 10.6. The van der Waals surface area contributed by atoms with Gasteiger partial charge in [0.25, 0.3) is 5.91 Å². The second kappa shape index (κ2) is 7.95. The van der Waals surface area contributed by atoms with Crippen molar-refractivity contribution in [3.05, 3.63) is 99.1 Å². The fourth-order valence-electron chi connectivity index (χ4n) is 4.55. The minimum absolute atomic E-state index is 0.242. The van der Waals surface area contributed by atoms with Gasteiger partial charge in [0, 0.05) is 16.1 Å². The lowest BCUT2D eigenvalue weighted by atomic mass is 9.85. The third kappa shape index (κ3) is 3.78. The number of aryl methyl sites for hydroxylation is 3. The molecule has 0 aromatic heterocycles. The molecule has 1 heterocycles. The van der Waals surface area contributed by atoms with Crippen molar-refractivity contribution in [3.8, 4) is 0 Å². The Morgan fingerprint density at radius 2 is 1.61 bits per heavy atom. The van der Waals surface area contributed by atoms with Gasteiger partial charge in [-0.15, -0.1) is 0 Å². The zero-order chi connectivity index (χ0) is 22.3. The Bertz CT molecular complexity index is 1160. The van der Waals surface area contributed by atoms with Crippen molar-refractivity contribution in [2.45, 2.75) is 39.3 Å². The van der Waals surface area contributed by atoms with E-state index >= 15 is 0 Å². The second-order valence-corrected chi connectivity index (χ2v) is 8.71. The molecule has 158 valence electrons. The van der Waals surface area contributed by atoms with E-state index in [1.165, 1.54) is 0 Å². The molecule has 1 amide bonds. The first-order valence-electron chi connectivity index (χ1n) is 10.2. The number of benzene rings is 3. The number of anilines is 1. The van der Waals surface area contributed by atoms with Crippen LogP contribution in [0.4, 0.5) is 5.69 Å². The smallest absolute Gasteiger partial charge is 0.264 e. The van der Waals surface area contributed by atoms with Crippen molar-refractivity contribution in [1.29, 1.82) is 0 Å². The lowest BCUT2D eigenvalue weighted by Crippen LogP contribution is -2.41. The maximum Gasteiger partial charge on any atom is 0.264 e. The standard InChI is InChI=1S/C26H24ClNO3/c1-16-12-17(2)24(18(3)13-16)23(29)14-26(31)21-6-4-5-7-22(21)28(25(26)30)15-19-8-10-20(27)11-9-19/h4-13,31H,14-15H2,1-3H3/t26-/m0/s1. The van der Waals surface area contributed by atoms with E-state index in [1.807, 2.05) is 51.1 Å². The van der Waals surface area contributed by atoms with Crippen LogP contribution in [0.1, 0.15) is 44.6 Å². The van der Waals surface area contributed by atoms with Gasteiger partial charge in [-0.1, -0.05) is 59.6 Å². The van der Waals surface area contributed by atoms with E-state index in [0.717, 1.165) is 22.3 Å². The van der Waals surface area contributed by atoms with Crippen molar-refractivity contribution in [3.63, 3.8) is 0 Å². The number of nitrogens with zero attached hydrogens (tertiary/aromatic N) is 1. The molecule has 0 unspecified atom stereocenters. The maximum atomic E-state index is 13.4. The highest BCUT2D eigenvalue weighted by atomic mass is 35.5. The number of carbonyl (C=O) groups excluding carboxylic acids is 2. The predicted molar refractivity (Wildman–Crippen MR) is 123 cm³/mol. The summed E-state index contributed by atoms with van der Waals surface area (Å²) in [7, 11) is 0. The van der Waals surface area contributed by atoms with E-state index in [-0.39, 0.29) is 18.7 Å². The van der Waals surface area contributed by atoms with Gasteiger partial charge in [-0.25, -0.2) is 0 Å². The molecule has 0 spiro atoms. The van der Waals surface area contributed by atoms with Gasteiger partial charge in [-0.3, -0.25) is 9.59 Å². The van der Waals surface area contributed by atoms with Crippen LogP contribution in [0.15, 0.2) is 60.7 Å². The summed E-state index contributed by atoms with van der Waals surface area (Å²) in [5.74, 6) is -0.728. The van der Waals surface area contributed by atoms with Crippen LogP contribution in [0.3, 0.4) is 0 Å². The quantitative estimate of drug-likeness (QED) is 0.557. The van der Waals surface area contributed by atoms with E-state index in [1.54, 1.807) is 35.2 Å². The number of para-hydroxylation sites is 1. The zero-order valence-electron chi connectivity index (χ0n) is 17.8. The van der Waals surface area contributed by atoms with E-state index in [9.17, 15) is 14.7 Å². The first-order chi connectivity index (χ1) is 14.7. The number of hydrogen-bond acceptors (Lipinski definition) is 3. The molecule has 0 aliphatic carbocycles. The number of amides is 1. The van der Waals surface area contributed by atoms with Crippen molar-refractivity contribution in [2.75, 3.05) is 4.90 Å². The summed E-state index contributed by atoms with van der Waals surface area (Å²) >= 11 is 5.98. The fraction of sp³-hybridized carbons (Fsp3) is 0.231. The van der Waals surface area contributed by atoms with E-state index in [2.05, 4.69) is 0 Å². The number of rotatable bonds is 5. The van der Waals surface area contributed by atoms with Crippen LogP contribution in [0.25, 0.3) is 0 Å². The normalized spacial score (nSPS) is 17.7. The van der Waals surface area contributed by atoms with Gasteiger partial charge < -0.3 is 10.0 Å². The fourth-order valence-corrected chi connectivity index (χ4v) is 4.67. The number of hydrogen-bond donors (Lipinski definition) is 1. The average molecular weight is 434 g/mol. The lowest BCUT2D eigenvalue weighted by molar-refractivity contribution is -0.136. The highest BCUT2D eigenvalue weighted by Gasteiger charge is 2.50. The third-order valence-electron chi connectivity index (χ3n) is 5.87. The predicted octanol–water partition coefficient (Wildman–Crippen LogP) is 5.27. The largest absolute Gasteiger partial charge is 0.375 e. The van der Waals surface area contributed by atoms with Gasteiger partial charge in [-0.05, 0) is 55.7 Å². The van der Waals surface area contributed by atoms with E-state index in [0.29, 0.717) is 21.8 Å². The molecule has 5 heteroatoms. The van der Waals surface area contributed by atoms with Crippen molar-refractivity contribution in [1.82, 2.24) is 0 Å². The van der Waals surface area contributed by atoms with Gasteiger partial charge in [0.2, 0.25) is 0 Å². The molecule has 31 heavy (non-hydrogen) atoms. The minimum atomic E-state index is -1.90. The molecular formula is C26H24ClNO3. The molecule has 0 radical (unpaired) electrons. The first kappa shape index (κ1) is 21.3. The molecule has 1 aliphatic heterocycles. The Morgan fingerprint density at radius 1 is 1.00 bits per heavy atom. The lowest BCUT2D eigenvalue weighted by Gasteiger charge is -2.23. The Kier molecular flexibility index (Phi) is 5.46. The average Bonchev–Trinajstić information content (AvgIpc) is 2.91. The zero-order valence-corrected chi connectivity index (χ0v) is 18.5.